The number of carbonyl (C=O) groups is 1. The van der Waals surface area contributed by atoms with Gasteiger partial charge < -0.3 is 14.2 Å². The van der Waals surface area contributed by atoms with Gasteiger partial charge in [-0.3, -0.25) is 4.79 Å². The molecule has 0 saturated carbocycles. The maximum absolute atomic E-state index is 13.5. The van der Waals surface area contributed by atoms with Crippen molar-refractivity contribution in [3.05, 3.63) is 35.0 Å². The molecule has 1 atom stereocenters. The summed E-state index contributed by atoms with van der Waals surface area (Å²) < 4.78 is 58.1. The second kappa shape index (κ2) is 8.96. The third-order valence-corrected chi connectivity index (χ3v) is 4.74. The van der Waals surface area contributed by atoms with Crippen molar-refractivity contribution >= 4 is 6.29 Å². The van der Waals surface area contributed by atoms with Gasteiger partial charge in [0.05, 0.1) is 29.1 Å². The van der Waals surface area contributed by atoms with E-state index in [2.05, 4.69) is 5.10 Å². The number of aryl methyl sites for hydroxylation is 1. The smallest absolute Gasteiger partial charge is 0.416 e. The van der Waals surface area contributed by atoms with Gasteiger partial charge in [0.15, 0.2) is 12.5 Å². The molecule has 6 nitrogen and oxygen atoms in total. The van der Waals surface area contributed by atoms with E-state index in [9.17, 15) is 18.0 Å². The Morgan fingerprint density at radius 2 is 2.07 bits per heavy atom. The molecule has 0 spiro atoms. The monoisotopic (exact) mass is 412 g/mol. The maximum Gasteiger partial charge on any atom is 0.416 e. The summed E-state index contributed by atoms with van der Waals surface area (Å²) in [5, 5.41) is 4.40. The predicted molar refractivity (Wildman–Crippen MR) is 99.0 cm³/mol. The summed E-state index contributed by atoms with van der Waals surface area (Å²) in [7, 11) is 1.47. The summed E-state index contributed by atoms with van der Waals surface area (Å²) >= 11 is 0. The average molecular weight is 412 g/mol. The van der Waals surface area contributed by atoms with Crippen molar-refractivity contribution in [3.63, 3.8) is 0 Å². The van der Waals surface area contributed by atoms with Crippen LogP contribution in [0.15, 0.2) is 18.2 Å². The third-order valence-electron chi connectivity index (χ3n) is 4.74. The fraction of sp³-hybridized carbons (Fsp3) is 0.500. The molecular formula is C20H23F3N2O4. The minimum absolute atomic E-state index is 0.0405. The topological polar surface area (TPSA) is 62.6 Å². The molecule has 1 fully saturated rings. The van der Waals surface area contributed by atoms with Gasteiger partial charge in [-0.25, -0.2) is 4.68 Å². The number of carbonyl (C=O) groups excluding carboxylic acids is 1. The Kier molecular flexibility index (Phi) is 6.59. The van der Waals surface area contributed by atoms with Crippen LogP contribution in [0, 0.1) is 6.92 Å². The second-order valence-electron chi connectivity index (χ2n) is 6.82. The van der Waals surface area contributed by atoms with Gasteiger partial charge in [0.25, 0.3) is 0 Å². The Morgan fingerprint density at radius 3 is 2.69 bits per heavy atom. The van der Waals surface area contributed by atoms with Crippen LogP contribution in [0.1, 0.15) is 47.1 Å². The Labute approximate surface area is 166 Å². The normalized spacial score (nSPS) is 17.3. The molecule has 1 aliphatic rings. The maximum atomic E-state index is 13.5. The van der Waals surface area contributed by atoms with Crippen molar-refractivity contribution in [3.8, 4) is 17.0 Å². The molecule has 0 bridgehead atoms. The van der Waals surface area contributed by atoms with Gasteiger partial charge >= 0.3 is 6.18 Å². The number of halogens is 3. The molecule has 1 aromatic heterocycles. The number of aldehydes is 1. The van der Waals surface area contributed by atoms with Gasteiger partial charge in [0, 0.05) is 19.3 Å². The summed E-state index contributed by atoms with van der Waals surface area (Å²) in [5.41, 5.74) is 0.301. The third kappa shape index (κ3) is 4.79. The predicted octanol–water partition coefficient (Wildman–Crippen LogP) is 4.41. The first-order valence-electron chi connectivity index (χ1n) is 9.35. The Hall–Kier alpha value is -2.39. The molecule has 0 aliphatic carbocycles. The molecule has 1 unspecified atom stereocenters. The number of aromatic nitrogens is 2. The first-order chi connectivity index (χ1) is 13.8. The number of methoxy groups -OCH3 is 1. The van der Waals surface area contributed by atoms with E-state index in [-0.39, 0.29) is 30.1 Å². The van der Waals surface area contributed by atoms with E-state index in [1.807, 2.05) is 0 Å². The Balaban J connectivity index is 2.12. The molecule has 1 aromatic carbocycles. The molecule has 1 aliphatic heterocycles. The highest BCUT2D eigenvalue weighted by Gasteiger charge is 2.33. The zero-order valence-corrected chi connectivity index (χ0v) is 16.3. The lowest BCUT2D eigenvalue weighted by atomic mass is 10.0. The fourth-order valence-electron chi connectivity index (χ4n) is 3.34. The molecule has 1 saturated heterocycles. The van der Waals surface area contributed by atoms with E-state index in [1.54, 1.807) is 6.92 Å². The van der Waals surface area contributed by atoms with E-state index in [4.69, 9.17) is 14.2 Å². The Morgan fingerprint density at radius 1 is 1.28 bits per heavy atom. The van der Waals surface area contributed by atoms with E-state index >= 15 is 0 Å². The van der Waals surface area contributed by atoms with Gasteiger partial charge in [-0.15, -0.1) is 0 Å². The minimum Gasteiger partial charge on any atom is -0.491 e. The summed E-state index contributed by atoms with van der Waals surface area (Å²) in [6.07, 6.45) is -1.90. The van der Waals surface area contributed by atoms with Crippen LogP contribution in [0.5, 0.6) is 5.75 Å². The second-order valence-corrected chi connectivity index (χ2v) is 6.82. The van der Waals surface area contributed by atoms with Crippen molar-refractivity contribution in [2.24, 2.45) is 0 Å². The molecular weight excluding hydrogens is 389 g/mol. The van der Waals surface area contributed by atoms with Crippen LogP contribution in [-0.4, -0.2) is 43.0 Å². The number of benzene rings is 1. The van der Waals surface area contributed by atoms with Crippen LogP contribution < -0.4 is 4.74 Å². The highest BCUT2D eigenvalue weighted by molar-refractivity contribution is 5.88. The minimum atomic E-state index is -4.57. The largest absolute Gasteiger partial charge is 0.491 e. The quantitative estimate of drug-likeness (QED) is 0.498. The first kappa shape index (κ1) is 21.3. The van der Waals surface area contributed by atoms with Crippen LogP contribution in [0.3, 0.4) is 0 Å². The lowest BCUT2D eigenvalue weighted by molar-refractivity contribution is -0.137. The lowest BCUT2D eigenvalue weighted by Crippen LogP contribution is -2.20. The van der Waals surface area contributed by atoms with Gasteiger partial charge in [-0.2, -0.15) is 18.3 Å². The Bertz CT molecular complexity index is 858. The molecule has 0 radical (unpaired) electrons. The van der Waals surface area contributed by atoms with Crippen LogP contribution in [0.25, 0.3) is 11.3 Å². The van der Waals surface area contributed by atoms with E-state index < -0.39 is 18.0 Å². The summed E-state index contributed by atoms with van der Waals surface area (Å²) in [6, 6.07) is 3.42. The molecule has 2 heterocycles. The van der Waals surface area contributed by atoms with Crippen molar-refractivity contribution < 1.29 is 32.2 Å². The standard InChI is InChI=1S/C20H23F3N2O4/c1-13-17(12-26)19(25(24-13)18-5-3-4-6-29-18)14-9-15(20(21,22)23)11-16(10-14)28-8-7-27-2/h9-12,18H,3-8H2,1-2H3. The average Bonchev–Trinajstić information content (AvgIpc) is 3.04. The van der Waals surface area contributed by atoms with Crippen molar-refractivity contribution in [2.45, 2.75) is 38.6 Å². The SMILES string of the molecule is COCCOc1cc(-c2c(C=O)c(C)nn2C2CCCCO2)cc(C(F)(F)F)c1. The zero-order valence-electron chi connectivity index (χ0n) is 16.3. The molecule has 29 heavy (non-hydrogen) atoms. The molecule has 9 heteroatoms. The van der Waals surface area contributed by atoms with Crippen molar-refractivity contribution in [1.82, 2.24) is 9.78 Å². The molecule has 3 rings (SSSR count). The summed E-state index contributed by atoms with van der Waals surface area (Å²) in [4.78, 5) is 11.7. The van der Waals surface area contributed by atoms with Gasteiger partial charge in [-0.1, -0.05) is 0 Å². The number of alkyl halides is 3. The first-order valence-corrected chi connectivity index (χ1v) is 9.35. The molecule has 0 amide bonds. The lowest BCUT2D eigenvalue weighted by Gasteiger charge is -2.25. The highest BCUT2D eigenvalue weighted by atomic mass is 19.4. The van der Waals surface area contributed by atoms with Crippen LogP contribution >= 0.6 is 0 Å². The van der Waals surface area contributed by atoms with Crippen molar-refractivity contribution in [2.75, 3.05) is 26.9 Å². The zero-order chi connectivity index (χ0) is 21.0. The number of rotatable bonds is 7. The number of nitrogens with zero attached hydrogens (tertiary/aromatic N) is 2. The molecule has 2 aromatic rings. The van der Waals surface area contributed by atoms with Crippen molar-refractivity contribution in [1.29, 1.82) is 0 Å². The van der Waals surface area contributed by atoms with E-state index in [0.29, 0.717) is 30.7 Å². The highest BCUT2D eigenvalue weighted by Crippen LogP contribution is 2.38. The summed E-state index contributed by atoms with van der Waals surface area (Å²) in [6.45, 7) is 2.52. The van der Waals surface area contributed by atoms with E-state index in [0.717, 1.165) is 25.0 Å². The van der Waals surface area contributed by atoms with Gasteiger partial charge in [-0.05, 0) is 44.4 Å². The number of ether oxygens (including phenoxy) is 3. The van der Waals surface area contributed by atoms with Crippen LogP contribution in [0.4, 0.5) is 13.2 Å². The number of hydrogen-bond donors (Lipinski definition) is 0. The number of hydrogen-bond acceptors (Lipinski definition) is 5. The fourth-order valence-corrected chi connectivity index (χ4v) is 3.34. The van der Waals surface area contributed by atoms with Crippen LogP contribution in [-0.2, 0) is 15.7 Å². The summed E-state index contributed by atoms with van der Waals surface area (Å²) in [5.74, 6) is 0.0405. The molecule has 158 valence electrons. The molecule has 0 N–H and O–H groups in total. The van der Waals surface area contributed by atoms with Gasteiger partial charge in [0.2, 0.25) is 0 Å². The van der Waals surface area contributed by atoms with Crippen LogP contribution in [0.2, 0.25) is 0 Å². The van der Waals surface area contributed by atoms with Gasteiger partial charge in [0.1, 0.15) is 12.4 Å². The van der Waals surface area contributed by atoms with E-state index in [1.165, 1.54) is 17.9 Å².